The number of benzene rings is 1. The minimum absolute atomic E-state index is 0.0165. The Labute approximate surface area is 145 Å². The second-order valence-corrected chi connectivity index (χ2v) is 7.46. The molecule has 3 rings (SSSR count). The minimum atomic E-state index is -4.71. The Morgan fingerprint density at radius 3 is 2.27 bits per heavy atom. The van der Waals surface area contributed by atoms with Gasteiger partial charge in [0.2, 0.25) is 0 Å². The predicted molar refractivity (Wildman–Crippen MR) is 84.9 cm³/mol. The van der Waals surface area contributed by atoms with E-state index in [1.54, 1.807) is 0 Å². The number of hydrogen-bond acceptors (Lipinski definition) is 4. The highest BCUT2D eigenvalue weighted by molar-refractivity contribution is 7.90. The molecule has 0 fully saturated rings. The highest BCUT2D eigenvalue weighted by Gasteiger charge is 2.35. The first kappa shape index (κ1) is 18.1. The topological polar surface area (TPSA) is 64.8 Å². The van der Waals surface area contributed by atoms with E-state index in [4.69, 9.17) is 0 Å². The molecule has 0 spiro atoms. The maximum Gasteiger partial charge on any atom is 0.434 e. The second-order valence-electron chi connectivity index (χ2n) is 5.44. The summed E-state index contributed by atoms with van der Waals surface area (Å²) in [5, 5.41) is 0. The Kier molecular flexibility index (Phi) is 4.31. The molecule has 0 aliphatic carbocycles. The molecule has 0 saturated heterocycles. The van der Waals surface area contributed by atoms with E-state index in [0.29, 0.717) is 0 Å². The molecule has 0 radical (unpaired) electrons. The zero-order valence-corrected chi connectivity index (χ0v) is 14.0. The molecule has 3 aromatic rings. The summed E-state index contributed by atoms with van der Waals surface area (Å²) >= 11 is 0. The molecule has 136 valence electrons. The van der Waals surface area contributed by atoms with E-state index in [1.165, 1.54) is 24.3 Å². The molecule has 0 N–H and O–H groups in total. The van der Waals surface area contributed by atoms with Crippen LogP contribution in [0.25, 0.3) is 17.2 Å². The van der Waals surface area contributed by atoms with Gasteiger partial charge in [-0.2, -0.15) is 13.2 Å². The summed E-state index contributed by atoms with van der Waals surface area (Å²) in [6.45, 7) is 0. The van der Waals surface area contributed by atoms with Gasteiger partial charge in [-0.1, -0.05) is 0 Å². The molecular weight excluding hydrogens is 374 g/mol. The summed E-state index contributed by atoms with van der Waals surface area (Å²) in [5.74, 6) is -0.894. The van der Waals surface area contributed by atoms with Crippen molar-refractivity contribution in [3.05, 3.63) is 60.3 Å². The summed E-state index contributed by atoms with van der Waals surface area (Å²) < 4.78 is 76.8. The fourth-order valence-corrected chi connectivity index (χ4v) is 2.91. The van der Waals surface area contributed by atoms with Crippen molar-refractivity contribution in [2.24, 2.45) is 0 Å². The predicted octanol–water partition coefficient (Wildman–Crippen LogP) is 3.50. The normalized spacial score (nSPS) is 12.3. The van der Waals surface area contributed by atoms with Crippen molar-refractivity contribution in [1.82, 2.24) is 14.5 Å². The molecule has 0 saturated carbocycles. The molecule has 26 heavy (non-hydrogen) atoms. The van der Waals surface area contributed by atoms with Crippen LogP contribution in [0.4, 0.5) is 17.6 Å². The molecule has 2 aromatic heterocycles. The summed E-state index contributed by atoms with van der Waals surface area (Å²) in [6.07, 6.45) is -1.83. The molecule has 10 heteroatoms. The van der Waals surface area contributed by atoms with Gasteiger partial charge in [-0.05, 0) is 30.3 Å². The Balaban J connectivity index is 2.18. The van der Waals surface area contributed by atoms with E-state index in [1.807, 2.05) is 0 Å². The first-order valence-corrected chi connectivity index (χ1v) is 9.04. The highest BCUT2D eigenvalue weighted by atomic mass is 32.2. The average Bonchev–Trinajstić information content (AvgIpc) is 3.00. The summed E-state index contributed by atoms with van der Waals surface area (Å²) in [4.78, 5) is 7.41. The summed E-state index contributed by atoms with van der Waals surface area (Å²) in [6, 6.07) is 7.22. The lowest BCUT2D eigenvalue weighted by molar-refractivity contribution is -0.140. The van der Waals surface area contributed by atoms with Crippen LogP contribution in [-0.2, 0) is 16.0 Å². The van der Waals surface area contributed by atoms with Crippen LogP contribution in [0.3, 0.4) is 0 Å². The van der Waals surface area contributed by atoms with E-state index in [2.05, 4.69) is 9.97 Å². The number of sulfone groups is 1. The van der Waals surface area contributed by atoms with Crippen LogP contribution in [0.1, 0.15) is 5.69 Å². The Morgan fingerprint density at radius 2 is 1.73 bits per heavy atom. The number of rotatable bonds is 3. The van der Waals surface area contributed by atoms with Crippen LogP contribution in [0, 0.1) is 5.82 Å². The largest absolute Gasteiger partial charge is 0.434 e. The van der Waals surface area contributed by atoms with Crippen molar-refractivity contribution in [3.63, 3.8) is 0 Å². The van der Waals surface area contributed by atoms with Gasteiger partial charge in [0.05, 0.1) is 4.90 Å². The van der Waals surface area contributed by atoms with Crippen LogP contribution in [0.15, 0.2) is 53.7 Å². The fraction of sp³-hybridized carbons (Fsp3) is 0.125. The van der Waals surface area contributed by atoms with Crippen LogP contribution in [-0.4, -0.2) is 29.2 Å². The zero-order chi connectivity index (χ0) is 19.1. The first-order chi connectivity index (χ1) is 12.1. The van der Waals surface area contributed by atoms with Crippen molar-refractivity contribution < 1.29 is 26.0 Å². The molecule has 0 atom stereocenters. The van der Waals surface area contributed by atoms with Crippen molar-refractivity contribution in [1.29, 1.82) is 0 Å². The number of hydrogen-bond donors (Lipinski definition) is 0. The third-order valence-corrected chi connectivity index (χ3v) is 4.62. The van der Waals surface area contributed by atoms with Gasteiger partial charge >= 0.3 is 6.18 Å². The first-order valence-electron chi connectivity index (χ1n) is 7.15. The maximum absolute atomic E-state index is 13.4. The molecule has 0 aliphatic rings. The number of halogens is 4. The van der Waals surface area contributed by atoms with E-state index in [-0.39, 0.29) is 22.1 Å². The number of nitrogens with zero attached hydrogens (tertiary/aromatic N) is 3. The molecule has 1 aromatic carbocycles. The number of alkyl halides is 3. The van der Waals surface area contributed by atoms with Gasteiger partial charge in [0.25, 0.3) is 0 Å². The van der Waals surface area contributed by atoms with Gasteiger partial charge < -0.3 is 0 Å². The van der Waals surface area contributed by atoms with Gasteiger partial charge in [0, 0.05) is 30.4 Å². The monoisotopic (exact) mass is 385 g/mol. The summed E-state index contributed by atoms with van der Waals surface area (Å²) in [7, 11) is -3.45. The standard InChI is InChI=1S/C16H11F4N3O2S/c1-26(24,25)12-4-2-11(3-5-12)23-9-14(16(18,19)20)22-15(23)13-8-10(17)6-7-21-13/h2-9H,1H3. The lowest BCUT2D eigenvalue weighted by atomic mass is 10.3. The minimum Gasteiger partial charge on any atom is -0.298 e. The SMILES string of the molecule is CS(=O)(=O)c1ccc(-n2cc(C(F)(F)F)nc2-c2cc(F)ccn2)cc1. The maximum atomic E-state index is 13.4. The van der Waals surface area contributed by atoms with Crippen LogP contribution in [0.2, 0.25) is 0 Å². The van der Waals surface area contributed by atoms with Crippen LogP contribution in [0.5, 0.6) is 0 Å². The molecule has 5 nitrogen and oxygen atoms in total. The lowest BCUT2D eigenvalue weighted by Crippen LogP contribution is -2.05. The number of pyridine rings is 1. The van der Waals surface area contributed by atoms with Crippen molar-refractivity contribution in [3.8, 4) is 17.2 Å². The van der Waals surface area contributed by atoms with E-state index in [9.17, 15) is 26.0 Å². The van der Waals surface area contributed by atoms with Gasteiger partial charge in [-0.25, -0.2) is 17.8 Å². The number of imidazole rings is 1. The van der Waals surface area contributed by atoms with Crippen LogP contribution >= 0.6 is 0 Å². The molecule has 2 heterocycles. The fourth-order valence-electron chi connectivity index (χ4n) is 2.28. The smallest absolute Gasteiger partial charge is 0.298 e. The number of aromatic nitrogens is 3. The van der Waals surface area contributed by atoms with E-state index < -0.39 is 27.5 Å². The Hall–Kier alpha value is -2.75. The van der Waals surface area contributed by atoms with E-state index >= 15 is 0 Å². The molecule has 0 bridgehead atoms. The quantitative estimate of drug-likeness (QED) is 0.648. The van der Waals surface area contributed by atoms with Gasteiger partial charge in [0.1, 0.15) is 11.5 Å². The summed E-state index contributed by atoms with van der Waals surface area (Å²) in [5.41, 5.74) is -1.04. The van der Waals surface area contributed by atoms with Gasteiger partial charge in [-0.3, -0.25) is 9.55 Å². The third kappa shape index (κ3) is 3.59. The average molecular weight is 385 g/mol. The highest BCUT2D eigenvalue weighted by Crippen LogP contribution is 2.32. The molecule has 0 aliphatic heterocycles. The van der Waals surface area contributed by atoms with Crippen molar-refractivity contribution in [2.45, 2.75) is 11.1 Å². The third-order valence-electron chi connectivity index (χ3n) is 3.49. The molecule has 0 unspecified atom stereocenters. The Morgan fingerprint density at radius 1 is 1.08 bits per heavy atom. The van der Waals surface area contributed by atoms with Gasteiger partial charge in [-0.15, -0.1) is 0 Å². The van der Waals surface area contributed by atoms with Crippen molar-refractivity contribution in [2.75, 3.05) is 6.26 Å². The Bertz CT molecular complexity index is 1060. The molecular formula is C16H11F4N3O2S. The zero-order valence-electron chi connectivity index (χ0n) is 13.2. The van der Waals surface area contributed by atoms with Crippen LogP contribution < -0.4 is 0 Å². The van der Waals surface area contributed by atoms with Gasteiger partial charge in [0.15, 0.2) is 21.4 Å². The van der Waals surface area contributed by atoms with Crippen molar-refractivity contribution >= 4 is 9.84 Å². The lowest BCUT2D eigenvalue weighted by Gasteiger charge is -2.08. The molecule has 0 amide bonds. The van der Waals surface area contributed by atoms with E-state index in [0.717, 1.165) is 35.3 Å². The second kappa shape index (κ2) is 6.20.